The quantitative estimate of drug-likeness (QED) is 0.614. The zero-order valence-corrected chi connectivity index (χ0v) is 16.8. The lowest BCUT2D eigenvalue weighted by molar-refractivity contribution is 0.153. The zero-order valence-electron chi connectivity index (χ0n) is 16.8. The average Bonchev–Trinajstić information content (AvgIpc) is 2.76. The number of nitrogens with one attached hydrogen (secondary N) is 1. The monoisotopic (exact) mass is 379 g/mol. The Bertz CT molecular complexity index is 737. The zero-order chi connectivity index (χ0) is 19.2. The fraction of sp³-hybridized carbons (Fsp3) is 0.583. The van der Waals surface area contributed by atoms with Crippen molar-refractivity contribution in [3.8, 4) is 11.3 Å². The summed E-state index contributed by atoms with van der Waals surface area (Å²) in [6, 6.07) is 10.3. The van der Waals surface area contributed by atoms with Gasteiger partial charge in [-0.3, -0.25) is 0 Å². The molecule has 0 radical (unpaired) electrons. The van der Waals surface area contributed by atoms with Crippen LogP contribution >= 0.6 is 0 Å². The molecule has 1 aromatic heterocycles. The van der Waals surface area contributed by atoms with Gasteiger partial charge in [0, 0.05) is 11.5 Å². The first-order chi connectivity index (χ1) is 13.8. The van der Waals surface area contributed by atoms with E-state index in [9.17, 15) is 5.11 Å². The Kier molecular flexibility index (Phi) is 6.58. The van der Waals surface area contributed by atoms with E-state index >= 15 is 0 Å². The topological polar surface area (TPSA) is 58.0 Å². The van der Waals surface area contributed by atoms with Crippen LogP contribution in [0.4, 0.5) is 5.82 Å². The molecule has 2 aliphatic rings. The van der Waals surface area contributed by atoms with Crippen LogP contribution in [0.15, 0.2) is 36.5 Å². The van der Waals surface area contributed by atoms with Crippen molar-refractivity contribution in [3.05, 3.63) is 42.2 Å². The molecule has 1 heterocycles. The van der Waals surface area contributed by atoms with Crippen LogP contribution in [-0.2, 0) is 0 Å². The Balaban J connectivity index is 1.54. The molecule has 0 bridgehead atoms. The van der Waals surface area contributed by atoms with Gasteiger partial charge >= 0.3 is 0 Å². The maximum Gasteiger partial charge on any atom is 0.150 e. The molecule has 4 heteroatoms. The van der Waals surface area contributed by atoms with Gasteiger partial charge in [0.15, 0.2) is 0 Å². The van der Waals surface area contributed by atoms with Gasteiger partial charge in [-0.1, -0.05) is 81.7 Å². The van der Waals surface area contributed by atoms with E-state index < -0.39 is 6.23 Å². The van der Waals surface area contributed by atoms with E-state index in [4.69, 9.17) is 9.97 Å². The number of rotatable bonds is 6. The molecular weight excluding hydrogens is 346 g/mol. The average molecular weight is 380 g/mol. The summed E-state index contributed by atoms with van der Waals surface area (Å²) in [5, 5.41) is 14.0. The van der Waals surface area contributed by atoms with Gasteiger partial charge in [-0.25, -0.2) is 9.97 Å². The summed E-state index contributed by atoms with van der Waals surface area (Å²) in [5.74, 6) is 1.86. The van der Waals surface area contributed by atoms with Gasteiger partial charge in [0.2, 0.25) is 0 Å². The van der Waals surface area contributed by atoms with Gasteiger partial charge in [-0.05, 0) is 25.2 Å². The molecule has 2 aliphatic carbocycles. The molecule has 0 amide bonds. The second kappa shape index (κ2) is 9.51. The van der Waals surface area contributed by atoms with Crippen LogP contribution in [0, 0.1) is 5.92 Å². The first-order valence-corrected chi connectivity index (χ1v) is 11.2. The molecule has 2 fully saturated rings. The van der Waals surface area contributed by atoms with E-state index in [0.29, 0.717) is 11.8 Å². The van der Waals surface area contributed by atoms with Crippen molar-refractivity contribution < 1.29 is 5.11 Å². The molecule has 1 atom stereocenters. The number of benzene rings is 1. The molecule has 2 saturated carbocycles. The highest BCUT2D eigenvalue weighted by Gasteiger charge is 2.24. The second-order valence-electron chi connectivity index (χ2n) is 8.59. The number of hydrogen-bond donors (Lipinski definition) is 2. The van der Waals surface area contributed by atoms with Crippen molar-refractivity contribution in [3.63, 3.8) is 0 Å². The summed E-state index contributed by atoms with van der Waals surface area (Å²) in [7, 11) is 0. The van der Waals surface area contributed by atoms with E-state index in [-0.39, 0.29) is 0 Å². The van der Waals surface area contributed by atoms with E-state index in [1.165, 1.54) is 64.2 Å². The lowest BCUT2D eigenvalue weighted by Gasteiger charge is -2.27. The highest BCUT2D eigenvalue weighted by atomic mass is 16.3. The van der Waals surface area contributed by atoms with Crippen LogP contribution in [0.3, 0.4) is 0 Å². The maximum atomic E-state index is 10.7. The summed E-state index contributed by atoms with van der Waals surface area (Å²) >= 11 is 0. The number of nitrogens with zero attached hydrogens (tertiary/aromatic N) is 2. The van der Waals surface area contributed by atoms with Crippen LogP contribution < -0.4 is 5.32 Å². The Morgan fingerprint density at radius 3 is 2.32 bits per heavy atom. The first kappa shape index (κ1) is 19.4. The van der Waals surface area contributed by atoms with Gasteiger partial charge in [-0.15, -0.1) is 0 Å². The van der Waals surface area contributed by atoms with Crippen LogP contribution in [0.25, 0.3) is 11.3 Å². The number of aliphatic hydroxyl groups is 1. The van der Waals surface area contributed by atoms with Gasteiger partial charge < -0.3 is 10.4 Å². The number of hydrogen-bond acceptors (Lipinski definition) is 4. The smallest absolute Gasteiger partial charge is 0.150 e. The lowest BCUT2D eigenvalue weighted by atomic mass is 9.86. The predicted molar refractivity (Wildman–Crippen MR) is 114 cm³/mol. The molecule has 0 saturated heterocycles. The molecule has 1 aromatic carbocycles. The number of aliphatic hydroxyl groups excluding tert-OH is 1. The molecular formula is C24H33N3O. The van der Waals surface area contributed by atoms with Gasteiger partial charge in [-0.2, -0.15) is 0 Å². The normalized spacial score (nSPS) is 20.0. The Labute approximate surface area is 168 Å². The highest BCUT2D eigenvalue weighted by Crippen LogP contribution is 2.36. The largest absolute Gasteiger partial charge is 0.374 e. The Hall–Kier alpha value is -1.94. The first-order valence-electron chi connectivity index (χ1n) is 11.2. The fourth-order valence-corrected chi connectivity index (χ4v) is 4.88. The van der Waals surface area contributed by atoms with E-state index in [1.807, 2.05) is 24.4 Å². The molecule has 2 aromatic rings. The van der Waals surface area contributed by atoms with E-state index in [0.717, 1.165) is 29.2 Å². The minimum atomic E-state index is -0.540. The summed E-state index contributed by atoms with van der Waals surface area (Å²) in [6.07, 6.45) is 14.7. The Morgan fingerprint density at radius 1 is 0.929 bits per heavy atom. The van der Waals surface area contributed by atoms with Crippen molar-refractivity contribution >= 4 is 5.82 Å². The number of aromatic nitrogens is 2. The third kappa shape index (κ3) is 4.91. The van der Waals surface area contributed by atoms with Crippen molar-refractivity contribution in [1.29, 1.82) is 0 Å². The predicted octanol–water partition coefficient (Wildman–Crippen LogP) is 5.89. The van der Waals surface area contributed by atoms with E-state index in [1.54, 1.807) is 0 Å². The van der Waals surface area contributed by atoms with Crippen LogP contribution in [-0.4, -0.2) is 21.3 Å². The van der Waals surface area contributed by atoms with Crippen molar-refractivity contribution in [1.82, 2.24) is 9.97 Å². The third-order valence-corrected chi connectivity index (χ3v) is 6.45. The summed E-state index contributed by atoms with van der Waals surface area (Å²) in [5.41, 5.74) is 3.07. The van der Waals surface area contributed by atoms with Crippen LogP contribution in [0.5, 0.6) is 0 Å². The van der Waals surface area contributed by atoms with Crippen molar-refractivity contribution in [2.24, 2.45) is 5.92 Å². The number of anilines is 1. The molecule has 2 N–H and O–H groups in total. The van der Waals surface area contributed by atoms with Gasteiger partial charge in [0.25, 0.3) is 0 Å². The molecule has 0 spiro atoms. The lowest BCUT2D eigenvalue weighted by Crippen LogP contribution is -2.25. The molecule has 0 aliphatic heterocycles. The van der Waals surface area contributed by atoms with Crippen LogP contribution in [0.1, 0.15) is 82.2 Å². The molecule has 28 heavy (non-hydrogen) atoms. The highest BCUT2D eigenvalue weighted by molar-refractivity contribution is 5.60. The fourth-order valence-electron chi connectivity index (χ4n) is 4.88. The third-order valence-electron chi connectivity index (χ3n) is 6.45. The molecule has 150 valence electrons. The van der Waals surface area contributed by atoms with Crippen molar-refractivity contribution in [2.75, 3.05) is 5.32 Å². The van der Waals surface area contributed by atoms with Gasteiger partial charge in [0.05, 0.1) is 17.6 Å². The molecule has 4 nitrogen and oxygen atoms in total. The van der Waals surface area contributed by atoms with Crippen molar-refractivity contribution in [2.45, 2.75) is 82.8 Å². The molecule has 1 unspecified atom stereocenters. The summed E-state index contributed by atoms with van der Waals surface area (Å²) < 4.78 is 0. The minimum absolute atomic E-state index is 0.439. The second-order valence-corrected chi connectivity index (χ2v) is 8.59. The Morgan fingerprint density at radius 2 is 1.61 bits per heavy atom. The minimum Gasteiger partial charge on any atom is -0.374 e. The molecule has 4 rings (SSSR count). The summed E-state index contributed by atoms with van der Waals surface area (Å²) in [6.45, 7) is 0. The standard InChI is InChI=1S/C24H33N3O/c28-22(16-18-10-4-1-5-11-18)27-24-23(20-14-8-3-9-15-20)26-21(17-25-24)19-12-6-2-7-13-19/h2,6-7,12-13,17-18,20,22,28H,1,3-5,8-11,14-16H2,(H,25,27). The SMILES string of the molecule is OC(CC1CCCCC1)Nc1ncc(-c2ccccc2)nc1C1CCCCC1. The maximum absolute atomic E-state index is 10.7. The summed E-state index contributed by atoms with van der Waals surface area (Å²) in [4.78, 5) is 9.76. The van der Waals surface area contributed by atoms with Crippen LogP contribution in [0.2, 0.25) is 0 Å². The van der Waals surface area contributed by atoms with E-state index in [2.05, 4.69) is 17.4 Å². The van der Waals surface area contributed by atoms with Gasteiger partial charge in [0.1, 0.15) is 12.0 Å².